The number of halogens is 1. The molecule has 90 valence electrons. The van der Waals surface area contributed by atoms with Gasteiger partial charge in [0.1, 0.15) is 5.82 Å². The first-order valence-electron chi connectivity index (χ1n) is 5.45. The second-order valence-corrected chi connectivity index (χ2v) is 5.50. The zero-order chi connectivity index (χ0) is 12.4. The second kappa shape index (κ2) is 4.92. The third kappa shape index (κ3) is 2.30. The summed E-state index contributed by atoms with van der Waals surface area (Å²) in [5, 5.41) is 9.56. The maximum Gasteiger partial charge on any atom is 0.123 e. The van der Waals surface area contributed by atoms with Crippen LogP contribution >= 0.6 is 22.7 Å². The van der Waals surface area contributed by atoms with Crippen molar-refractivity contribution >= 4 is 34.0 Å². The molecular weight excluding hydrogens is 265 g/mol. The number of hydrogen-bond donors (Lipinski definition) is 1. The van der Waals surface area contributed by atoms with Gasteiger partial charge in [-0.3, -0.25) is 0 Å². The summed E-state index contributed by atoms with van der Waals surface area (Å²) in [5.74, 6) is -0.219. The first kappa shape index (κ1) is 11.4. The van der Waals surface area contributed by atoms with E-state index in [1.165, 1.54) is 22.6 Å². The Morgan fingerprint density at radius 2 is 1.78 bits per heavy atom. The molecule has 0 aliphatic carbocycles. The number of benzene rings is 1. The molecule has 0 amide bonds. The van der Waals surface area contributed by atoms with E-state index in [-0.39, 0.29) is 5.82 Å². The fourth-order valence-electron chi connectivity index (χ4n) is 1.71. The predicted octanol–water partition coefficient (Wildman–Crippen LogP) is 5.36. The molecule has 4 heteroatoms. The SMILES string of the molecule is Fc1ccc(Nc2ccsc2-c2ccsc2)cc1. The number of hydrogen-bond acceptors (Lipinski definition) is 3. The fourth-order valence-corrected chi connectivity index (χ4v) is 3.28. The Balaban J connectivity index is 1.90. The molecule has 1 N–H and O–H groups in total. The van der Waals surface area contributed by atoms with Crippen LogP contribution < -0.4 is 5.32 Å². The summed E-state index contributed by atoms with van der Waals surface area (Å²) in [4.78, 5) is 1.21. The van der Waals surface area contributed by atoms with Crippen molar-refractivity contribution in [2.75, 3.05) is 5.32 Å². The molecule has 3 aromatic rings. The summed E-state index contributed by atoms with van der Waals surface area (Å²) in [6.45, 7) is 0. The highest BCUT2D eigenvalue weighted by atomic mass is 32.1. The molecule has 0 aliphatic heterocycles. The Kier molecular flexibility index (Phi) is 3.13. The molecule has 0 radical (unpaired) electrons. The van der Waals surface area contributed by atoms with E-state index < -0.39 is 0 Å². The smallest absolute Gasteiger partial charge is 0.123 e. The fraction of sp³-hybridized carbons (Fsp3) is 0. The molecule has 0 atom stereocenters. The van der Waals surface area contributed by atoms with Crippen molar-refractivity contribution in [1.82, 2.24) is 0 Å². The lowest BCUT2D eigenvalue weighted by molar-refractivity contribution is 0.628. The molecule has 18 heavy (non-hydrogen) atoms. The van der Waals surface area contributed by atoms with Crippen LogP contribution in [-0.2, 0) is 0 Å². The van der Waals surface area contributed by atoms with Crippen LogP contribution in [0.25, 0.3) is 10.4 Å². The van der Waals surface area contributed by atoms with Crippen LogP contribution in [0, 0.1) is 5.82 Å². The molecule has 0 spiro atoms. The van der Waals surface area contributed by atoms with Gasteiger partial charge in [0.15, 0.2) is 0 Å². The van der Waals surface area contributed by atoms with Gasteiger partial charge in [0.2, 0.25) is 0 Å². The minimum Gasteiger partial charge on any atom is -0.354 e. The summed E-state index contributed by atoms with van der Waals surface area (Å²) in [7, 11) is 0. The van der Waals surface area contributed by atoms with E-state index >= 15 is 0 Å². The van der Waals surface area contributed by atoms with Crippen molar-refractivity contribution in [1.29, 1.82) is 0 Å². The lowest BCUT2D eigenvalue weighted by atomic mass is 10.2. The Morgan fingerprint density at radius 3 is 2.50 bits per heavy atom. The summed E-state index contributed by atoms with van der Waals surface area (Å²) in [6, 6.07) is 10.5. The van der Waals surface area contributed by atoms with Gasteiger partial charge in [0, 0.05) is 11.3 Å². The molecule has 0 unspecified atom stereocenters. The van der Waals surface area contributed by atoms with Gasteiger partial charge >= 0.3 is 0 Å². The van der Waals surface area contributed by atoms with E-state index in [2.05, 4.69) is 27.5 Å². The van der Waals surface area contributed by atoms with Gasteiger partial charge in [-0.2, -0.15) is 11.3 Å². The second-order valence-electron chi connectivity index (χ2n) is 3.81. The van der Waals surface area contributed by atoms with E-state index in [0.717, 1.165) is 11.4 Å². The van der Waals surface area contributed by atoms with Gasteiger partial charge in [0.05, 0.1) is 10.6 Å². The quantitative estimate of drug-likeness (QED) is 0.678. The average molecular weight is 275 g/mol. The number of thiophene rings is 2. The van der Waals surface area contributed by atoms with Crippen molar-refractivity contribution in [3.05, 3.63) is 58.4 Å². The minimum absolute atomic E-state index is 0.219. The zero-order valence-electron chi connectivity index (χ0n) is 9.39. The maximum atomic E-state index is 12.8. The maximum absolute atomic E-state index is 12.8. The van der Waals surface area contributed by atoms with Gasteiger partial charge in [-0.25, -0.2) is 4.39 Å². The first-order valence-corrected chi connectivity index (χ1v) is 7.28. The standard InChI is InChI=1S/C14H10FNS2/c15-11-1-3-12(4-2-11)16-13-6-8-18-14(13)10-5-7-17-9-10/h1-9,16H. The molecule has 0 aliphatic rings. The van der Waals surface area contributed by atoms with Crippen LogP contribution in [0.4, 0.5) is 15.8 Å². The average Bonchev–Trinajstić information content (AvgIpc) is 3.02. The Morgan fingerprint density at radius 1 is 0.944 bits per heavy atom. The molecular formula is C14H10FNS2. The molecule has 1 aromatic carbocycles. The monoisotopic (exact) mass is 275 g/mol. The topological polar surface area (TPSA) is 12.0 Å². The predicted molar refractivity (Wildman–Crippen MR) is 77.3 cm³/mol. The van der Waals surface area contributed by atoms with Crippen molar-refractivity contribution in [3.63, 3.8) is 0 Å². The third-order valence-corrected chi connectivity index (χ3v) is 4.22. The summed E-state index contributed by atoms with van der Waals surface area (Å²) in [5.41, 5.74) is 3.18. The van der Waals surface area contributed by atoms with E-state index in [9.17, 15) is 4.39 Å². The van der Waals surface area contributed by atoms with Crippen molar-refractivity contribution in [2.45, 2.75) is 0 Å². The minimum atomic E-state index is -0.219. The number of nitrogens with one attached hydrogen (secondary N) is 1. The molecule has 2 heterocycles. The van der Waals surface area contributed by atoms with Gasteiger partial charge in [0.25, 0.3) is 0 Å². The van der Waals surface area contributed by atoms with Crippen LogP contribution in [0.15, 0.2) is 52.5 Å². The summed E-state index contributed by atoms with van der Waals surface area (Å²) >= 11 is 3.38. The highest BCUT2D eigenvalue weighted by Crippen LogP contribution is 2.36. The number of rotatable bonds is 3. The summed E-state index contributed by atoms with van der Waals surface area (Å²) < 4.78 is 12.8. The van der Waals surface area contributed by atoms with E-state index in [0.29, 0.717) is 0 Å². The molecule has 0 saturated carbocycles. The normalized spacial score (nSPS) is 10.5. The van der Waals surface area contributed by atoms with Crippen LogP contribution in [0.3, 0.4) is 0 Å². The molecule has 0 fully saturated rings. The first-order chi connectivity index (χ1) is 8.83. The summed E-state index contributed by atoms with van der Waals surface area (Å²) in [6.07, 6.45) is 0. The Bertz CT molecular complexity index is 626. The molecule has 1 nitrogen and oxygen atoms in total. The number of anilines is 2. The molecule has 3 rings (SSSR count). The van der Waals surface area contributed by atoms with Crippen LogP contribution in [0.1, 0.15) is 0 Å². The molecule has 0 saturated heterocycles. The highest BCUT2D eigenvalue weighted by molar-refractivity contribution is 7.15. The van der Waals surface area contributed by atoms with E-state index in [1.54, 1.807) is 34.8 Å². The van der Waals surface area contributed by atoms with Crippen molar-refractivity contribution in [3.8, 4) is 10.4 Å². The molecule has 2 aromatic heterocycles. The highest BCUT2D eigenvalue weighted by Gasteiger charge is 2.07. The van der Waals surface area contributed by atoms with E-state index in [4.69, 9.17) is 0 Å². The van der Waals surface area contributed by atoms with Crippen molar-refractivity contribution < 1.29 is 4.39 Å². The van der Waals surface area contributed by atoms with Gasteiger partial charge < -0.3 is 5.32 Å². The van der Waals surface area contributed by atoms with Crippen LogP contribution in [0.2, 0.25) is 0 Å². The Labute approximate surface area is 113 Å². The van der Waals surface area contributed by atoms with Crippen molar-refractivity contribution in [2.24, 2.45) is 0 Å². The third-order valence-electron chi connectivity index (χ3n) is 2.57. The van der Waals surface area contributed by atoms with Gasteiger partial charge in [-0.1, -0.05) is 0 Å². The largest absolute Gasteiger partial charge is 0.354 e. The van der Waals surface area contributed by atoms with Crippen LogP contribution in [-0.4, -0.2) is 0 Å². The molecule has 0 bridgehead atoms. The zero-order valence-corrected chi connectivity index (χ0v) is 11.0. The lowest BCUT2D eigenvalue weighted by Gasteiger charge is -2.06. The van der Waals surface area contributed by atoms with E-state index in [1.807, 2.05) is 6.07 Å². The lowest BCUT2D eigenvalue weighted by Crippen LogP contribution is -1.89. The van der Waals surface area contributed by atoms with Crippen LogP contribution in [0.5, 0.6) is 0 Å². The van der Waals surface area contributed by atoms with Gasteiger partial charge in [-0.15, -0.1) is 11.3 Å². The Hall–Kier alpha value is -1.65. The van der Waals surface area contributed by atoms with Gasteiger partial charge in [-0.05, 0) is 52.5 Å².